The van der Waals surface area contributed by atoms with Gasteiger partial charge in [0.2, 0.25) is 5.91 Å². The van der Waals surface area contributed by atoms with Crippen molar-refractivity contribution >= 4 is 22.4 Å². The lowest BCUT2D eigenvalue weighted by Crippen LogP contribution is -2.47. The highest BCUT2D eigenvalue weighted by atomic mass is 16.3. The molecule has 5 heteroatoms. The Morgan fingerprint density at radius 3 is 2.41 bits per heavy atom. The van der Waals surface area contributed by atoms with Gasteiger partial charge < -0.3 is 15.0 Å². The van der Waals surface area contributed by atoms with E-state index in [0.29, 0.717) is 17.5 Å². The van der Waals surface area contributed by atoms with E-state index in [1.54, 1.807) is 16.8 Å². The zero-order valence-corrected chi connectivity index (χ0v) is 17.1. The van der Waals surface area contributed by atoms with Gasteiger partial charge in [0.05, 0.1) is 12.6 Å². The van der Waals surface area contributed by atoms with E-state index in [0.717, 1.165) is 23.1 Å². The summed E-state index contributed by atoms with van der Waals surface area (Å²) in [4.78, 5) is 25.8. The molecule has 6 rings (SSSR count). The average Bonchev–Trinajstić information content (AvgIpc) is 2.66. The summed E-state index contributed by atoms with van der Waals surface area (Å²) in [6.45, 7) is 1.72. The molecule has 4 saturated carbocycles. The van der Waals surface area contributed by atoms with E-state index in [4.69, 9.17) is 0 Å². The third-order valence-electron chi connectivity index (χ3n) is 7.69. The molecule has 0 saturated heterocycles. The first kappa shape index (κ1) is 18.9. The number of nitrogens with one attached hydrogen (secondary N) is 1. The fourth-order valence-corrected chi connectivity index (χ4v) is 6.88. The Labute approximate surface area is 171 Å². The minimum absolute atomic E-state index is 0.0763. The van der Waals surface area contributed by atoms with Crippen LogP contribution in [0.5, 0.6) is 0 Å². The lowest BCUT2D eigenvalue weighted by Gasteiger charge is -2.56. The van der Waals surface area contributed by atoms with Crippen LogP contribution in [0.4, 0.5) is 5.69 Å². The zero-order chi connectivity index (χ0) is 20.2. The van der Waals surface area contributed by atoms with Gasteiger partial charge in [-0.15, -0.1) is 0 Å². The zero-order valence-electron chi connectivity index (χ0n) is 17.1. The Morgan fingerprint density at radius 1 is 1.14 bits per heavy atom. The molecule has 29 heavy (non-hydrogen) atoms. The summed E-state index contributed by atoms with van der Waals surface area (Å²) in [6.07, 6.45) is 10.1. The first-order chi connectivity index (χ1) is 14.0. The van der Waals surface area contributed by atoms with Crippen LogP contribution in [0.1, 0.15) is 57.9 Å². The van der Waals surface area contributed by atoms with Crippen LogP contribution >= 0.6 is 0 Å². The number of nitrogens with zero attached hydrogens (tertiary/aromatic N) is 1. The third kappa shape index (κ3) is 3.29. The van der Waals surface area contributed by atoms with Gasteiger partial charge in [0, 0.05) is 29.1 Å². The monoisotopic (exact) mass is 394 g/mol. The van der Waals surface area contributed by atoms with Crippen molar-refractivity contribution in [2.45, 2.75) is 57.9 Å². The molecule has 5 nitrogen and oxygen atoms in total. The van der Waals surface area contributed by atoms with Gasteiger partial charge in [0.1, 0.15) is 0 Å². The molecule has 4 aliphatic rings. The molecule has 0 spiro atoms. The molecule has 4 aliphatic carbocycles. The van der Waals surface area contributed by atoms with E-state index >= 15 is 0 Å². The van der Waals surface area contributed by atoms with Gasteiger partial charge in [-0.05, 0) is 86.8 Å². The topological polar surface area (TPSA) is 71.3 Å². The minimum Gasteiger partial charge on any atom is -0.394 e. The van der Waals surface area contributed by atoms with Crippen LogP contribution in [0.2, 0.25) is 0 Å². The molecule has 4 bridgehead atoms. The number of anilines is 1. The van der Waals surface area contributed by atoms with Crippen molar-refractivity contribution in [3.8, 4) is 0 Å². The van der Waals surface area contributed by atoms with Crippen LogP contribution in [0.15, 0.2) is 35.3 Å². The largest absolute Gasteiger partial charge is 0.394 e. The number of pyridine rings is 1. The second-order valence-electron chi connectivity index (χ2n) is 9.97. The van der Waals surface area contributed by atoms with E-state index in [-0.39, 0.29) is 29.5 Å². The van der Waals surface area contributed by atoms with Crippen LogP contribution in [0, 0.1) is 23.2 Å². The number of aromatic nitrogens is 1. The number of hydrogen-bond donors (Lipinski definition) is 2. The summed E-state index contributed by atoms with van der Waals surface area (Å²) in [7, 11) is 0. The summed E-state index contributed by atoms with van der Waals surface area (Å²) in [5.74, 6) is 2.57. The molecule has 0 unspecified atom stereocenters. The Balaban J connectivity index is 1.38. The van der Waals surface area contributed by atoms with Crippen molar-refractivity contribution in [3.63, 3.8) is 0 Å². The van der Waals surface area contributed by atoms with Gasteiger partial charge in [-0.25, -0.2) is 0 Å². The van der Waals surface area contributed by atoms with Crippen molar-refractivity contribution in [2.75, 3.05) is 11.9 Å². The van der Waals surface area contributed by atoms with Crippen molar-refractivity contribution in [2.24, 2.45) is 23.2 Å². The maximum Gasteiger partial charge on any atom is 0.258 e. The van der Waals surface area contributed by atoms with Gasteiger partial charge in [-0.2, -0.15) is 0 Å². The van der Waals surface area contributed by atoms with Crippen LogP contribution in [-0.4, -0.2) is 22.2 Å². The van der Waals surface area contributed by atoms with Gasteiger partial charge >= 0.3 is 0 Å². The smallest absolute Gasteiger partial charge is 0.258 e. The van der Waals surface area contributed by atoms with Crippen molar-refractivity contribution in [1.82, 2.24) is 4.57 Å². The SMILES string of the molecule is C[C@@H](CO)n1ccc2c(NC(=O)CC34CC5CC(CC(C5)C3)C4)cccc2c1=O. The summed E-state index contributed by atoms with van der Waals surface area (Å²) < 4.78 is 1.55. The van der Waals surface area contributed by atoms with E-state index in [9.17, 15) is 14.7 Å². The predicted octanol–water partition coefficient (Wildman–Crippen LogP) is 4.10. The summed E-state index contributed by atoms with van der Waals surface area (Å²) in [5, 5.41) is 13.8. The molecule has 1 aromatic carbocycles. The van der Waals surface area contributed by atoms with Crippen molar-refractivity contribution in [3.05, 3.63) is 40.8 Å². The Kier molecular flexibility index (Phi) is 4.54. The van der Waals surface area contributed by atoms with Gasteiger partial charge in [-0.3, -0.25) is 9.59 Å². The minimum atomic E-state index is -0.277. The normalized spacial score (nSPS) is 31.2. The Hall–Kier alpha value is -2.14. The molecule has 1 amide bonds. The molecule has 2 aromatic rings. The predicted molar refractivity (Wildman–Crippen MR) is 114 cm³/mol. The lowest BCUT2D eigenvalue weighted by molar-refractivity contribution is -0.124. The molecule has 1 atom stereocenters. The molecule has 1 aromatic heterocycles. The van der Waals surface area contributed by atoms with E-state index in [2.05, 4.69) is 5.32 Å². The second-order valence-corrected chi connectivity index (χ2v) is 9.97. The quantitative estimate of drug-likeness (QED) is 0.802. The number of carbonyl (C=O) groups is 1. The van der Waals surface area contributed by atoms with E-state index < -0.39 is 0 Å². The van der Waals surface area contributed by atoms with Crippen molar-refractivity contribution in [1.29, 1.82) is 0 Å². The number of carbonyl (C=O) groups excluding carboxylic acids is 1. The highest BCUT2D eigenvalue weighted by molar-refractivity contribution is 6.02. The van der Waals surface area contributed by atoms with Gasteiger partial charge in [-0.1, -0.05) is 6.07 Å². The number of amides is 1. The van der Waals surface area contributed by atoms with Crippen LogP contribution in [0.25, 0.3) is 10.8 Å². The van der Waals surface area contributed by atoms with Crippen LogP contribution in [-0.2, 0) is 4.79 Å². The van der Waals surface area contributed by atoms with E-state index in [1.807, 2.05) is 25.1 Å². The molecule has 4 fully saturated rings. The fraction of sp³-hybridized carbons (Fsp3) is 0.583. The summed E-state index contributed by atoms with van der Waals surface area (Å²) in [5.41, 5.74) is 0.770. The molecule has 2 N–H and O–H groups in total. The first-order valence-electron chi connectivity index (χ1n) is 11.0. The molecule has 0 radical (unpaired) electrons. The van der Waals surface area contributed by atoms with Crippen LogP contribution < -0.4 is 10.9 Å². The lowest BCUT2D eigenvalue weighted by atomic mass is 9.49. The number of aliphatic hydroxyl groups is 1. The first-order valence-corrected chi connectivity index (χ1v) is 11.0. The number of aliphatic hydroxyl groups excluding tert-OH is 1. The number of hydrogen-bond acceptors (Lipinski definition) is 3. The van der Waals surface area contributed by atoms with E-state index in [1.165, 1.54) is 38.5 Å². The fourth-order valence-electron chi connectivity index (χ4n) is 6.88. The second kappa shape index (κ2) is 6.98. The summed E-state index contributed by atoms with van der Waals surface area (Å²) in [6, 6.07) is 7.06. The number of rotatable bonds is 5. The van der Waals surface area contributed by atoms with Crippen LogP contribution in [0.3, 0.4) is 0 Å². The third-order valence-corrected chi connectivity index (χ3v) is 7.69. The van der Waals surface area contributed by atoms with Crippen molar-refractivity contribution < 1.29 is 9.90 Å². The molecular formula is C24H30N2O3. The molecule has 154 valence electrons. The Bertz CT molecular complexity index is 974. The van der Waals surface area contributed by atoms with Gasteiger partial charge in [0.15, 0.2) is 0 Å². The van der Waals surface area contributed by atoms with Gasteiger partial charge in [0.25, 0.3) is 5.56 Å². The Morgan fingerprint density at radius 2 is 1.79 bits per heavy atom. The molecule has 1 heterocycles. The molecule has 0 aliphatic heterocycles. The highest BCUT2D eigenvalue weighted by Crippen LogP contribution is 2.61. The summed E-state index contributed by atoms with van der Waals surface area (Å²) >= 11 is 0. The molecular weight excluding hydrogens is 364 g/mol. The average molecular weight is 395 g/mol. The highest BCUT2D eigenvalue weighted by Gasteiger charge is 2.51. The number of fused-ring (bicyclic) bond motifs is 1. The standard InChI is InChI=1S/C24H30N2O3/c1-15(14-27)26-6-5-19-20(23(26)29)3-2-4-21(19)25-22(28)13-24-10-16-7-17(11-24)9-18(8-16)12-24/h2-6,15-18,27H,7-14H2,1H3,(H,25,28)/t15-,16?,17?,18?,24?/m0/s1. The maximum atomic E-state index is 13.0. The maximum absolute atomic E-state index is 13.0. The number of benzene rings is 1.